The minimum atomic E-state index is -0.320. The van der Waals surface area contributed by atoms with Gasteiger partial charge in [0.1, 0.15) is 0 Å². The lowest BCUT2D eigenvalue weighted by Gasteiger charge is -2.31. The first-order valence-corrected chi connectivity index (χ1v) is 8.86. The summed E-state index contributed by atoms with van der Waals surface area (Å²) in [5.74, 6) is 0. The Balaban J connectivity index is 2.09. The molecule has 0 aliphatic heterocycles. The van der Waals surface area contributed by atoms with Crippen LogP contribution in [0.25, 0.3) is 32.3 Å². The van der Waals surface area contributed by atoms with Gasteiger partial charge in [-0.15, -0.1) is 0 Å². The number of ether oxygens (including phenoxy) is 1. The van der Waals surface area contributed by atoms with Crippen molar-refractivity contribution in [3.8, 4) is 0 Å². The standard InChI is InChI=1S/C23H24O/c1-5-15(2)24-23(3,4)20-14-18-10-6-8-16-12-13-17-9-7-11-19(20)22(17)21(16)18/h6-15H,5H2,1-4H3. The van der Waals surface area contributed by atoms with Crippen LogP contribution in [0.15, 0.2) is 54.6 Å². The van der Waals surface area contributed by atoms with Crippen LogP contribution >= 0.6 is 0 Å². The maximum absolute atomic E-state index is 6.40. The fraction of sp³-hybridized carbons (Fsp3) is 0.304. The van der Waals surface area contributed by atoms with Crippen LogP contribution in [0.1, 0.15) is 39.7 Å². The predicted octanol–water partition coefficient (Wildman–Crippen LogP) is 6.63. The maximum Gasteiger partial charge on any atom is 0.0885 e. The second-order valence-corrected chi connectivity index (χ2v) is 7.32. The average molecular weight is 316 g/mol. The van der Waals surface area contributed by atoms with E-state index in [1.54, 1.807) is 0 Å². The Bertz CT molecular complexity index is 1010. The maximum atomic E-state index is 6.40. The molecule has 0 saturated carbocycles. The van der Waals surface area contributed by atoms with Gasteiger partial charge in [-0.1, -0.05) is 55.5 Å². The third kappa shape index (κ3) is 2.27. The molecule has 0 aliphatic rings. The quantitative estimate of drug-likeness (QED) is 0.384. The molecule has 0 N–H and O–H groups in total. The molecule has 4 rings (SSSR count). The van der Waals surface area contributed by atoms with Crippen molar-refractivity contribution in [1.29, 1.82) is 0 Å². The molecule has 0 bridgehead atoms. The lowest BCUT2D eigenvalue weighted by atomic mass is 9.86. The minimum absolute atomic E-state index is 0.244. The molecule has 122 valence electrons. The van der Waals surface area contributed by atoms with Gasteiger partial charge in [0.15, 0.2) is 0 Å². The first-order chi connectivity index (χ1) is 11.5. The van der Waals surface area contributed by atoms with Gasteiger partial charge in [-0.2, -0.15) is 0 Å². The fourth-order valence-electron chi connectivity index (χ4n) is 3.91. The lowest BCUT2D eigenvalue weighted by molar-refractivity contribution is -0.0682. The molecule has 0 saturated heterocycles. The van der Waals surface area contributed by atoms with Crippen molar-refractivity contribution in [1.82, 2.24) is 0 Å². The van der Waals surface area contributed by atoms with Gasteiger partial charge in [0.25, 0.3) is 0 Å². The Morgan fingerprint density at radius 1 is 0.875 bits per heavy atom. The van der Waals surface area contributed by atoms with E-state index in [0.717, 1.165) is 6.42 Å². The Morgan fingerprint density at radius 3 is 2.21 bits per heavy atom. The van der Waals surface area contributed by atoms with Gasteiger partial charge in [0.2, 0.25) is 0 Å². The van der Waals surface area contributed by atoms with Crippen LogP contribution in [-0.4, -0.2) is 6.10 Å². The van der Waals surface area contributed by atoms with Crippen LogP contribution in [0.5, 0.6) is 0 Å². The smallest absolute Gasteiger partial charge is 0.0885 e. The molecule has 24 heavy (non-hydrogen) atoms. The summed E-state index contributed by atoms with van der Waals surface area (Å²) >= 11 is 0. The molecule has 0 aliphatic carbocycles. The van der Waals surface area contributed by atoms with Crippen molar-refractivity contribution in [2.75, 3.05) is 0 Å². The van der Waals surface area contributed by atoms with Crippen molar-refractivity contribution in [2.45, 2.75) is 45.8 Å². The highest BCUT2D eigenvalue weighted by Gasteiger charge is 2.27. The first kappa shape index (κ1) is 15.4. The molecular weight excluding hydrogens is 292 g/mol. The second kappa shape index (κ2) is 5.46. The number of benzene rings is 4. The molecule has 0 amide bonds. The monoisotopic (exact) mass is 316 g/mol. The van der Waals surface area contributed by atoms with Gasteiger partial charge in [0.05, 0.1) is 11.7 Å². The highest BCUT2D eigenvalue weighted by atomic mass is 16.5. The summed E-state index contributed by atoms with van der Waals surface area (Å²) in [5, 5.41) is 7.95. The van der Waals surface area contributed by atoms with E-state index in [1.807, 2.05) is 0 Å². The zero-order valence-electron chi connectivity index (χ0n) is 14.9. The Hall–Kier alpha value is -2.12. The Labute approximate surface area is 143 Å². The van der Waals surface area contributed by atoms with Gasteiger partial charge in [-0.25, -0.2) is 0 Å². The molecule has 0 aromatic heterocycles. The molecule has 1 unspecified atom stereocenters. The minimum Gasteiger partial charge on any atom is -0.368 e. The lowest BCUT2D eigenvalue weighted by Crippen LogP contribution is -2.27. The molecule has 1 nitrogen and oxygen atoms in total. The molecule has 4 aromatic rings. The van der Waals surface area contributed by atoms with Crippen LogP contribution in [-0.2, 0) is 10.3 Å². The van der Waals surface area contributed by atoms with Crippen LogP contribution in [0.3, 0.4) is 0 Å². The van der Waals surface area contributed by atoms with E-state index >= 15 is 0 Å². The molecule has 0 fully saturated rings. The third-order valence-corrected chi connectivity index (χ3v) is 5.23. The van der Waals surface area contributed by atoms with Crippen molar-refractivity contribution in [2.24, 2.45) is 0 Å². The average Bonchev–Trinajstić information content (AvgIpc) is 2.59. The van der Waals surface area contributed by atoms with Crippen LogP contribution in [0.4, 0.5) is 0 Å². The summed E-state index contributed by atoms with van der Waals surface area (Å²) in [6.45, 7) is 8.71. The van der Waals surface area contributed by atoms with Crippen molar-refractivity contribution < 1.29 is 4.74 Å². The second-order valence-electron chi connectivity index (χ2n) is 7.32. The van der Waals surface area contributed by atoms with E-state index < -0.39 is 0 Å². The molecule has 0 heterocycles. The summed E-state index contributed by atoms with van der Waals surface area (Å²) in [5.41, 5.74) is 0.957. The van der Waals surface area contributed by atoms with Crippen LogP contribution < -0.4 is 0 Å². The summed E-state index contributed by atoms with van der Waals surface area (Å²) in [7, 11) is 0. The first-order valence-electron chi connectivity index (χ1n) is 8.86. The van der Waals surface area contributed by atoms with Gasteiger partial charge in [0, 0.05) is 0 Å². The summed E-state index contributed by atoms with van der Waals surface area (Å²) in [6, 6.07) is 20.0. The number of hydrogen-bond donors (Lipinski definition) is 0. The van der Waals surface area contributed by atoms with Crippen LogP contribution in [0.2, 0.25) is 0 Å². The normalized spacial score (nSPS) is 14.0. The van der Waals surface area contributed by atoms with E-state index in [0.29, 0.717) is 0 Å². The topological polar surface area (TPSA) is 9.23 Å². The fourth-order valence-corrected chi connectivity index (χ4v) is 3.91. The van der Waals surface area contributed by atoms with E-state index in [-0.39, 0.29) is 11.7 Å². The molecule has 1 atom stereocenters. The van der Waals surface area contributed by atoms with E-state index in [9.17, 15) is 0 Å². The Morgan fingerprint density at radius 2 is 1.50 bits per heavy atom. The van der Waals surface area contributed by atoms with Gasteiger partial charge < -0.3 is 4.74 Å². The number of hydrogen-bond acceptors (Lipinski definition) is 1. The van der Waals surface area contributed by atoms with Crippen LogP contribution in [0, 0.1) is 0 Å². The van der Waals surface area contributed by atoms with Gasteiger partial charge in [-0.05, 0) is 71.1 Å². The highest BCUT2D eigenvalue weighted by molar-refractivity contribution is 6.23. The van der Waals surface area contributed by atoms with Crippen molar-refractivity contribution >= 4 is 32.3 Å². The summed E-state index contributed by atoms with van der Waals surface area (Å²) in [6.07, 6.45) is 1.26. The Kier molecular flexibility index (Phi) is 3.51. The molecule has 0 spiro atoms. The highest BCUT2D eigenvalue weighted by Crippen LogP contribution is 2.41. The van der Waals surface area contributed by atoms with Crippen molar-refractivity contribution in [3.63, 3.8) is 0 Å². The van der Waals surface area contributed by atoms with Crippen molar-refractivity contribution in [3.05, 3.63) is 60.2 Å². The number of rotatable bonds is 4. The van der Waals surface area contributed by atoms with Gasteiger partial charge in [-0.3, -0.25) is 0 Å². The molecule has 0 radical (unpaired) electrons. The van der Waals surface area contributed by atoms with E-state index in [2.05, 4.69) is 82.3 Å². The molecular formula is C23H24O. The van der Waals surface area contributed by atoms with E-state index in [1.165, 1.54) is 37.9 Å². The zero-order valence-corrected chi connectivity index (χ0v) is 14.9. The summed E-state index contributed by atoms with van der Waals surface area (Å²) < 4.78 is 6.40. The molecule has 4 aromatic carbocycles. The third-order valence-electron chi connectivity index (χ3n) is 5.23. The SMILES string of the molecule is CCC(C)OC(C)(C)c1cc2cccc3ccc4cccc1c4c32. The predicted molar refractivity (Wildman–Crippen MR) is 104 cm³/mol. The summed E-state index contributed by atoms with van der Waals surface area (Å²) in [4.78, 5) is 0. The van der Waals surface area contributed by atoms with Gasteiger partial charge >= 0.3 is 0 Å². The largest absolute Gasteiger partial charge is 0.368 e. The zero-order chi connectivity index (χ0) is 16.9. The molecule has 1 heteroatoms. The van der Waals surface area contributed by atoms with E-state index in [4.69, 9.17) is 4.74 Å².